The van der Waals surface area contributed by atoms with Gasteiger partial charge in [-0.2, -0.15) is 0 Å². The van der Waals surface area contributed by atoms with Gasteiger partial charge in [-0.15, -0.1) is 6.42 Å². The molecule has 0 aromatic heterocycles. The second-order valence-electron chi connectivity index (χ2n) is 7.32. The molecule has 0 saturated heterocycles. The number of ketones is 2. The van der Waals surface area contributed by atoms with E-state index in [2.05, 4.69) is 40.4 Å². The second-order valence-corrected chi connectivity index (χ2v) is 8.57. The summed E-state index contributed by atoms with van der Waals surface area (Å²) < 4.78 is 1.16. The minimum atomic E-state index is 0.0765. The van der Waals surface area contributed by atoms with E-state index >= 15 is 0 Å². The van der Waals surface area contributed by atoms with Crippen molar-refractivity contribution in [3.8, 4) is 24.2 Å². The van der Waals surface area contributed by atoms with Crippen LogP contribution in [0.1, 0.15) is 51.3 Å². The largest absolute Gasteiger partial charge is 0.295 e. The number of benzene rings is 4. The molecule has 4 aromatic rings. The van der Waals surface area contributed by atoms with Crippen molar-refractivity contribution in [2.45, 2.75) is 13.8 Å². The summed E-state index contributed by atoms with van der Waals surface area (Å²) in [6, 6.07) is 34.3. The van der Waals surface area contributed by atoms with Crippen LogP contribution < -0.4 is 0 Å². The van der Waals surface area contributed by atoms with Gasteiger partial charge in [-0.3, -0.25) is 9.59 Å². The maximum Gasteiger partial charge on any atom is 0.159 e. The Hall–Kier alpha value is -3.93. The Kier molecular flexibility index (Phi) is 11.8. The molecule has 172 valence electrons. The number of hydrogen-bond acceptors (Lipinski definition) is 2. The smallest absolute Gasteiger partial charge is 0.159 e. The minimum absolute atomic E-state index is 0.0765. The van der Waals surface area contributed by atoms with Crippen LogP contribution in [0, 0.1) is 27.8 Å². The maximum atomic E-state index is 11.1. The number of terminal acetylenes is 1. The molecule has 0 saturated carbocycles. The van der Waals surface area contributed by atoms with E-state index in [4.69, 9.17) is 6.42 Å². The summed E-state index contributed by atoms with van der Waals surface area (Å²) in [5, 5.41) is 0. The summed E-state index contributed by atoms with van der Waals surface area (Å²) in [6.07, 6.45) is 5.10. The lowest BCUT2D eigenvalue weighted by Gasteiger charge is -1.94. The highest BCUT2D eigenvalue weighted by molar-refractivity contribution is 14.1. The molecule has 0 amide bonds. The highest BCUT2D eigenvalue weighted by Gasteiger charge is 1.97. The zero-order valence-corrected chi connectivity index (χ0v) is 21.8. The normalized spacial score (nSPS) is 8.97. The van der Waals surface area contributed by atoms with Gasteiger partial charge >= 0.3 is 0 Å². The van der Waals surface area contributed by atoms with Crippen LogP contribution in [0.15, 0.2) is 109 Å². The van der Waals surface area contributed by atoms with Crippen LogP contribution in [0.2, 0.25) is 0 Å². The fraction of sp³-hybridized carbons (Fsp3) is 0.0625. The molecule has 2 nitrogen and oxygen atoms in total. The number of halogens is 1. The predicted molar refractivity (Wildman–Crippen MR) is 152 cm³/mol. The number of carbonyl (C=O) groups is 2. The minimum Gasteiger partial charge on any atom is -0.295 e. The topological polar surface area (TPSA) is 34.1 Å². The zero-order valence-electron chi connectivity index (χ0n) is 19.7. The molecule has 0 atom stereocenters. The van der Waals surface area contributed by atoms with E-state index in [1.54, 1.807) is 26.0 Å². The first kappa shape index (κ1) is 27.3. The van der Waals surface area contributed by atoms with E-state index in [0.29, 0.717) is 0 Å². The number of hydrogen-bond donors (Lipinski definition) is 0. The monoisotopic (exact) mass is 568 g/mol. The van der Waals surface area contributed by atoms with Crippen LogP contribution in [-0.2, 0) is 0 Å². The van der Waals surface area contributed by atoms with Crippen LogP contribution in [0.5, 0.6) is 0 Å². The first-order valence-corrected chi connectivity index (χ1v) is 11.9. The second kappa shape index (κ2) is 15.1. The van der Waals surface area contributed by atoms with Gasteiger partial charge in [0.1, 0.15) is 0 Å². The molecule has 0 fully saturated rings. The Labute approximate surface area is 221 Å². The third-order valence-corrected chi connectivity index (χ3v) is 5.33. The molecule has 35 heavy (non-hydrogen) atoms. The molecule has 0 N–H and O–H groups in total. The fourth-order valence-corrected chi connectivity index (χ4v) is 3.03. The molecule has 0 bridgehead atoms. The summed E-state index contributed by atoms with van der Waals surface area (Å²) in [6.45, 7) is 3.13. The van der Waals surface area contributed by atoms with Gasteiger partial charge in [0.05, 0.1) is 0 Å². The predicted octanol–water partition coefficient (Wildman–Crippen LogP) is 7.45. The fourth-order valence-electron chi connectivity index (χ4n) is 2.67. The van der Waals surface area contributed by atoms with Gasteiger partial charge in [0.15, 0.2) is 11.6 Å². The van der Waals surface area contributed by atoms with Crippen molar-refractivity contribution in [3.05, 3.63) is 141 Å². The molecule has 0 heterocycles. The standard InChI is InChI=1S/C16H12O.C8H7IO.C8H6/c1-13(17)16-11-9-15(10-12-16)8-7-14-5-3-2-4-6-14;1-6(10)7-2-4-8(9)5-3-7;1-2-8-6-4-3-5-7-8/h2-6,9-12H,1H3;2-5H,1H3;1,3-7H. The molecular weight excluding hydrogens is 543 g/mol. The van der Waals surface area contributed by atoms with E-state index in [-0.39, 0.29) is 11.6 Å². The molecule has 4 aromatic carbocycles. The van der Waals surface area contributed by atoms with Crippen LogP contribution in [0.3, 0.4) is 0 Å². The first-order valence-electron chi connectivity index (χ1n) is 10.9. The van der Waals surface area contributed by atoms with Gasteiger partial charge in [0.25, 0.3) is 0 Å². The number of carbonyl (C=O) groups excluding carboxylic acids is 2. The van der Waals surface area contributed by atoms with Crippen molar-refractivity contribution in [3.63, 3.8) is 0 Å². The highest BCUT2D eigenvalue weighted by Crippen LogP contribution is 2.07. The molecule has 3 heteroatoms. The van der Waals surface area contributed by atoms with Crippen LogP contribution >= 0.6 is 22.6 Å². The van der Waals surface area contributed by atoms with Crippen molar-refractivity contribution >= 4 is 34.2 Å². The number of Topliss-reactive ketones (excluding diaryl/α,β-unsaturated/α-hetero) is 2. The third-order valence-electron chi connectivity index (χ3n) is 4.61. The third kappa shape index (κ3) is 10.7. The molecule has 0 aliphatic heterocycles. The van der Waals surface area contributed by atoms with Gasteiger partial charge in [-0.05, 0) is 85.0 Å². The van der Waals surface area contributed by atoms with Crippen molar-refractivity contribution in [2.75, 3.05) is 0 Å². The van der Waals surface area contributed by atoms with Gasteiger partial charge in [-0.25, -0.2) is 0 Å². The quantitative estimate of drug-likeness (QED) is 0.143. The summed E-state index contributed by atoms with van der Waals surface area (Å²) in [4.78, 5) is 21.9. The van der Waals surface area contributed by atoms with E-state index in [9.17, 15) is 9.59 Å². The van der Waals surface area contributed by atoms with Gasteiger partial charge in [0, 0.05) is 31.4 Å². The number of rotatable bonds is 2. The Morgan fingerprint density at radius 3 is 1.31 bits per heavy atom. The average Bonchev–Trinajstić information content (AvgIpc) is 2.90. The molecule has 0 aliphatic carbocycles. The Morgan fingerprint density at radius 1 is 0.571 bits per heavy atom. The molecule has 0 aliphatic rings. The van der Waals surface area contributed by atoms with Crippen molar-refractivity contribution in [1.82, 2.24) is 0 Å². The lowest BCUT2D eigenvalue weighted by Crippen LogP contribution is -1.90. The molecule has 0 unspecified atom stereocenters. The van der Waals surface area contributed by atoms with E-state index in [1.165, 1.54) is 0 Å². The maximum absolute atomic E-state index is 11.1. The van der Waals surface area contributed by atoms with E-state index in [0.717, 1.165) is 31.4 Å². The summed E-state index contributed by atoms with van der Waals surface area (Å²) in [5.74, 6) is 8.87. The van der Waals surface area contributed by atoms with Crippen molar-refractivity contribution < 1.29 is 9.59 Å². The van der Waals surface area contributed by atoms with Gasteiger partial charge in [0.2, 0.25) is 0 Å². The first-order chi connectivity index (χ1) is 16.9. The van der Waals surface area contributed by atoms with Crippen molar-refractivity contribution in [1.29, 1.82) is 0 Å². The van der Waals surface area contributed by atoms with Crippen LogP contribution in [0.25, 0.3) is 0 Å². The average molecular weight is 568 g/mol. The Bertz CT molecular complexity index is 1320. The van der Waals surface area contributed by atoms with E-state index in [1.807, 2.05) is 97.1 Å². The van der Waals surface area contributed by atoms with Crippen molar-refractivity contribution in [2.24, 2.45) is 0 Å². The molecular formula is C32H25IO2. The summed E-state index contributed by atoms with van der Waals surface area (Å²) >= 11 is 2.21. The Morgan fingerprint density at radius 2 is 0.943 bits per heavy atom. The summed E-state index contributed by atoms with van der Waals surface area (Å²) in [5.41, 5.74) is 4.34. The SMILES string of the molecule is C#Cc1ccccc1.CC(=O)c1ccc(C#Cc2ccccc2)cc1.CC(=O)c1ccc(I)cc1. The van der Waals surface area contributed by atoms with Crippen LogP contribution in [-0.4, -0.2) is 11.6 Å². The van der Waals surface area contributed by atoms with Gasteiger partial charge < -0.3 is 0 Å². The van der Waals surface area contributed by atoms with E-state index < -0.39 is 0 Å². The lowest BCUT2D eigenvalue weighted by atomic mass is 10.1. The molecule has 4 rings (SSSR count). The zero-order chi connectivity index (χ0) is 25.5. The Balaban J connectivity index is 0.000000204. The summed E-state index contributed by atoms with van der Waals surface area (Å²) in [7, 11) is 0. The molecule has 0 radical (unpaired) electrons. The van der Waals surface area contributed by atoms with Gasteiger partial charge in [-0.1, -0.05) is 78.4 Å². The molecule has 0 spiro atoms. The lowest BCUT2D eigenvalue weighted by molar-refractivity contribution is 0.100. The highest BCUT2D eigenvalue weighted by atomic mass is 127. The van der Waals surface area contributed by atoms with Crippen LogP contribution in [0.4, 0.5) is 0 Å².